The number of allylic oxidation sites excluding steroid dienone is 1. The van der Waals surface area contributed by atoms with Crippen LogP contribution in [0.1, 0.15) is 72.1 Å². The number of rotatable bonds is 5. The number of hydrogen-bond donors (Lipinski definition) is 2. The van der Waals surface area contributed by atoms with Crippen molar-refractivity contribution < 1.29 is 28.5 Å². The lowest BCUT2D eigenvalue weighted by Gasteiger charge is -2.58. The molecule has 0 radical (unpaired) electrons. The molecule has 0 aromatic rings. The molecule has 0 amide bonds. The van der Waals surface area contributed by atoms with Crippen LogP contribution in [0.5, 0.6) is 0 Å². The largest absolute Gasteiger partial charge is 0.472 e. The van der Waals surface area contributed by atoms with Crippen molar-refractivity contribution in [3.63, 3.8) is 0 Å². The highest BCUT2D eigenvalue weighted by atomic mass is 31.2. The third-order valence-electron chi connectivity index (χ3n) is 8.95. The van der Waals surface area contributed by atoms with Crippen molar-refractivity contribution >= 4 is 19.3 Å². The summed E-state index contributed by atoms with van der Waals surface area (Å²) in [6.45, 7) is 6.20. The topological polar surface area (TPSA) is 105 Å². The van der Waals surface area contributed by atoms with Gasteiger partial charge in [-0.15, -0.1) is 0 Å². The van der Waals surface area contributed by atoms with E-state index in [9.17, 15) is 9.36 Å². The fraction of sp³-hybridized carbons (Fsp3) is 0.818. The van der Waals surface area contributed by atoms with Gasteiger partial charge in [-0.05, 0) is 86.5 Å². The normalized spacial score (nSPS) is 41.6. The summed E-state index contributed by atoms with van der Waals surface area (Å²) >= 11 is 0. The Morgan fingerprint density at radius 3 is 2.67 bits per heavy atom. The van der Waals surface area contributed by atoms with Crippen molar-refractivity contribution in [2.75, 3.05) is 6.79 Å². The van der Waals surface area contributed by atoms with Crippen molar-refractivity contribution in [2.45, 2.75) is 72.1 Å². The molecule has 3 saturated carbocycles. The number of carbonyl (C=O) groups excluding carboxylic acids is 1. The van der Waals surface area contributed by atoms with E-state index in [1.54, 1.807) is 0 Å². The molecule has 4 aliphatic rings. The Morgan fingerprint density at radius 1 is 1.17 bits per heavy atom. The van der Waals surface area contributed by atoms with Crippen molar-refractivity contribution in [1.29, 1.82) is 0 Å². The second kappa shape index (κ2) is 7.84. The highest BCUT2D eigenvalue weighted by Gasteiger charge is 2.59. The minimum Gasteiger partial charge on any atom is -0.367 e. The van der Waals surface area contributed by atoms with Crippen molar-refractivity contribution in [1.82, 2.24) is 0 Å². The second-order valence-electron chi connectivity index (χ2n) is 10.2. The van der Waals surface area contributed by atoms with Crippen molar-refractivity contribution in [3.8, 4) is 0 Å². The molecular weight excluding hydrogens is 405 g/mol. The third-order valence-corrected chi connectivity index (χ3v) is 9.39. The van der Waals surface area contributed by atoms with Crippen LogP contribution in [0.4, 0.5) is 0 Å². The average molecular weight is 439 g/mol. The van der Waals surface area contributed by atoms with Gasteiger partial charge in [-0.3, -0.25) is 4.79 Å². The van der Waals surface area contributed by atoms with E-state index in [4.69, 9.17) is 14.6 Å². The molecular formula is C22H34NO6P. The summed E-state index contributed by atoms with van der Waals surface area (Å²) in [5.41, 5.74) is 2.64. The highest BCUT2D eigenvalue weighted by molar-refractivity contribution is 7.46. The van der Waals surface area contributed by atoms with Gasteiger partial charge in [-0.2, -0.15) is 0 Å². The first kappa shape index (κ1) is 22.2. The lowest BCUT2D eigenvalue weighted by Crippen LogP contribution is -2.51. The van der Waals surface area contributed by atoms with Crippen LogP contribution < -0.4 is 0 Å². The zero-order valence-electron chi connectivity index (χ0n) is 18.2. The summed E-state index contributed by atoms with van der Waals surface area (Å²) in [6, 6.07) is 0. The predicted molar refractivity (Wildman–Crippen MR) is 112 cm³/mol. The van der Waals surface area contributed by atoms with Crippen LogP contribution in [0, 0.1) is 34.5 Å². The number of ketones is 1. The number of oxime groups is 1. The molecule has 0 heterocycles. The van der Waals surface area contributed by atoms with Crippen LogP contribution in [0.15, 0.2) is 16.8 Å². The van der Waals surface area contributed by atoms with E-state index in [-0.39, 0.29) is 10.8 Å². The Kier molecular flexibility index (Phi) is 5.80. The number of phosphoric ester groups is 1. The molecule has 8 heteroatoms. The van der Waals surface area contributed by atoms with Gasteiger partial charge in [0.2, 0.25) is 6.79 Å². The zero-order valence-corrected chi connectivity index (χ0v) is 19.1. The summed E-state index contributed by atoms with van der Waals surface area (Å²) < 4.78 is 15.1. The minimum absolute atomic E-state index is 0.171. The molecule has 0 aliphatic heterocycles. The molecule has 7 nitrogen and oxygen atoms in total. The number of fused-ring (bicyclic) bond motifs is 5. The van der Waals surface area contributed by atoms with E-state index in [2.05, 4.69) is 23.5 Å². The summed E-state index contributed by atoms with van der Waals surface area (Å²) in [6.07, 6.45) is 10.5. The minimum atomic E-state index is -4.55. The van der Waals surface area contributed by atoms with Gasteiger partial charge in [0.1, 0.15) is 0 Å². The lowest BCUT2D eigenvalue weighted by molar-refractivity contribution is -0.117. The average Bonchev–Trinajstić information content (AvgIpc) is 3.02. The Hall–Kier alpha value is -1.01. The summed E-state index contributed by atoms with van der Waals surface area (Å²) in [7, 11) is -4.55. The van der Waals surface area contributed by atoms with Crippen LogP contribution in [0.3, 0.4) is 0 Å². The van der Waals surface area contributed by atoms with E-state index in [1.807, 2.05) is 13.0 Å². The van der Waals surface area contributed by atoms with E-state index in [0.29, 0.717) is 35.9 Å². The lowest BCUT2D eigenvalue weighted by atomic mass is 9.46. The van der Waals surface area contributed by atoms with Gasteiger partial charge < -0.3 is 14.6 Å². The maximum Gasteiger partial charge on any atom is 0.472 e. The van der Waals surface area contributed by atoms with Crippen LogP contribution >= 0.6 is 7.82 Å². The molecule has 6 atom stereocenters. The molecule has 168 valence electrons. The SMILES string of the molecule is CC(=NOCOP(=O)(O)O)C1CCC2C3CCC4=CC(=O)CCC4(C)C3CCC12C. The first-order valence-corrected chi connectivity index (χ1v) is 12.7. The second-order valence-corrected chi connectivity index (χ2v) is 11.5. The van der Waals surface area contributed by atoms with Crippen LogP contribution in [0.25, 0.3) is 0 Å². The van der Waals surface area contributed by atoms with Crippen LogP contribution in [-0.4, -0.2) is 28.1 Å². The molecule has 4 aliphatic carbocycles. The molecule has 3 fully saturated rings. The Labute approximate surface area is 178 Å². The first-order chi connectivity index (χ1) is 14.0. The number of carbonyl (C=O) groups is 1. The summed E-state index contributed by atoms with van der Waals surface area (Å²) in [5, 5.41) is 4.14. The van der Waals surface area contributed by atoms with Gasteiger partial charge in [-0.1, -0.05) is 24.6 Å². The van der Waals surface area contributed by atoms with Gasteiger partial charge in [0.25, 0.3) is 0 Å². The highest BCUT2D eigenvalue weighted by Crippen LogP contribution is 2.66. The van der Waals surface area contributed by atoms with Crippen molar-refractivity contribution in [3.05, 3.63) is 11.6 Å². The standard InChI is InChI=1S/C22H34NO6P/c1-14(23-28-13-29-30(25,26)27)18-6-7-19-17-5-4-15-12-16(24)8-10-21(15,2)20(17)9-11-22(18,19)3/h12,17-20H,4-11,13H2,1-3H3,(H2,25,26,27). The maximum absolute atomic E-state index is 12.0. The smallest absolute Gasteiger partial charge is 0.367 e. The van der Waals surface area contributed by atoms with Crippen LogP contribution in [-0.2, 0) is 18.7 Å². The molecule has 30 heavy (non-hydrogen) atoms. The maximum atomic E-state index is 12.0. The first-order valence-electron chi connectivity index (χ1n) is 11.1. The molecule has 0 saturated heterocycles. The monoisotopic (exact) mass is 439 g/mol. The van der Waals surface area contributed by atoms with Gasteiger partial charge in [-0.25, -0.2) is 9.09 Å². The van der Waals surface area contributed by atoms with E-state index in [1.165, 1.54) is 24.8 Å². The van der Waals surface area contributed by atoms with Crippen molar-refractivity contribution in [2.24, 2.45) is 39.7 Å². The Balaban J connectivity index is 1.48. The number of hydrogen-bond acceptors (Lipinski definition) is 5. The van der Waals surface area contributed by atoms with Gasteiger partial charge >= 0.3 is 7.82 Å². The summed E-state index contributed by atoms with van der Waals surface area (Å²) in [4.78, 5) is 34.5. The number of nitrogens with zero attached hydrogens (tertiary/aromatic N) is 1. The molecule has 6 unspecified atom stereocenters. The molecule has 2 N–H and O–H groups in total. The Morgan fingerprint density at radius 2 is 1.93 bits per heavy atom. The fourth-order valence-electron chi connectivity index (χ4n) is 7.53. The molecule has 0 bridgehead atoms. The van der Waals surface area contributed by atoms with Gasteiger partial charge in [0.05, 0.1) is 5.71 Å². The summed E-state index contributed by atoms with van der Waals surface area (Å²) in [5.74, 6) is 2.62. The quantitative estimate of drug-likeness (QED) is 0.213. The fourth-order valence-corrected chi connectivity index (χ4v) is 7.71. The van der Waals surface area contributed by atoms with Crippen LogP contribution in [0.2, 0.25) is 0 Å². The number of phosphoric acid groups is 1. The zero-order chi connectivity index (χ0) is 21.7. The van der Waals surface area contributed by atoms with Gasteiger partial charge in [0, 0.05) is 12.3 Å². The molecule has 4 rings (SSSR count). The van der Waals surface area contributed by atoms with Gasteiger partial charge in [0.15, 0.2) is 5.78 Å². The predicted octanol–water partition coefficient (Wildman–Crippen LogP) is 4.59. The molecule has 0 aromatic heterocycles. The molecule has 0 aromatic carbocycles. The van der Waals surface area contributed by atoms with E-state index < -0.39 is 14.6 Å². The molecule has 0 spiro atoms. The van der Waals surface area contributed by atoms with E-state index in [0.717, 1.165) is 31.4 Å². The Bertz CT molecular complexity index is 818. The van der Waals surface area contributed by atoms with E-state index >= 15 is 0 Å². The third kappa shape index (κ3) is 3.83.